The van der Waals surface area contributed by atoms with E-state index in [9.17, 15) is 0 Å². The van der Waals surface area contributed by atoms with Crippen molar-refractivity contribution in [2.45, 2.75) is 91.9 Å². The van der Waals surface area contributed by atoms with Gasteiger partial charge in [-0.15, -0.1) is 0 Å². The summed E-state index contributed by atoms with van der Waals surface area (Å²) < 4.78 is 0. The van der Waals surface area contributed by atoms with Crippen molar-refractivity contribution in [2.24, 2.45) is 34.5 Å². The fourth-order valence-electron chi connectivity index (χ4n) is 6.42. The topological polar surface area (TPSA) is 0 Å². The van der Waals surface area contributed by atoms with Crippen LogP contribution in [0, 0.1) is 34.5 Å². The molecule has 0 spiro atoms. The second kappa shape index (κ2) is 5.33. The van der Waals surface area contributed by atoms with Gasteiger partial charge in [0.25, 0.3) is 0 Å². The molecule has 0 radical (unpaired) electrons. The first-order chi connectivity index (χ1) is 9.40. The zero-order valence-corrected chi connectivity index (χ0v) is 14.4. The summed E-state index contributed by atoms with van der Waals surface area (Å²) >= 11 is 0. The highest BCUT2D eigenvalue weighted by Gasteiger charge is 2.56. The first-order valence-electron chi connectivity index (χ1n) is 9.40. The summed E-state index contributed by atoms with van der Waals surface area (Å²) in [6, 6.07) is 0. The summed E-state index contributed by atoms with van der Waals surface area (Å²) in [5.41, 5.74) is 1.57. The Bertz CT molecular complexity index is 294. The fraction of sp³-hybridized carbons (Fsp3) is 1.00. The van der Waals surface area contributed by atoms with Gasteiger partial charge >= 0.3 is 0 Å². The van der Waals surface area contributed by atoms with Crippen LogP contribution in [0.25, 0.3) is 0 Å². The summed E-state index contributed by atoms with van der Waals surface area (Å²) in [7, 11) is 0. The molecule has 0 saturated heterocycles. The van der Waals surface area contributed by atoms with E-state index < -0.39 is 0 Å². The summed E-state index contributed by atoms with van der Waals surface area (Å²) in [5.74, 6) is 4.01. The van der Waals surface area contributed by atoms with Crippen LogP contribution >= 0.6 is 0 Å². The maximum absolute atomic E-state index is 2.41. The maximum atomic E-state index is 2.41. The lowest BCUT2D eigenvalue weighted by atomic mass is 9.42. The molecule has 0 aromatic rings. The Balaban J connectivity index is 1.71. The van der Waals surface area contributed by atoms with E-state index in [1.807, 2.05) is 0 Å². The van der Waals surface area contributed by atoms with E-state index in [1.165, 1.54) is 12.8 Å². The van der Waals surface area contributed by atoms with Gasteiger partial charge in [0, 0.05) is 0 Å². The second-order valence-corrected chi connectivity index (χ2v) is 9.83. The van der Waals surface area contributed by atoms with Crippen LogP contribution in [0.1, 0.15) is 91.9 Å². The second-order valence-electron chi connectivity index (χ2n) is 9.83. The minimum atomic E-state index is 0.783. The first-order valence-corrected chi connectivity index (χ1v) is 9.40. The van der Waals surface area contributed by atoms with Crippen LogP contribution in [0.3, 0.4) is 0 Å². The lowest BCUT2D eigenvalue weighted by molar-refractivity contribution is -0.120. The molecule has 4 fully saturated rings. The van der Waals surface area contributed by atoms with Gasteiger partial charge in [-0.3, -0.25) is 0 Å². The van der Waals surface area contributed by atoms with Crippen LogP contribution in [-0.4, -0.2) is 0 Å². The van der Waals surface area contributed by atoms with Crippen molar-refractivity contribution >= 4 is 0 Å². The Labute approximate surface area is 127 Å². The molecule has 0 aliphatic heterocycles. The van der Waals surface area contributed by atoms with Crippen molar-refractivity contribution in [3.63, 3.8) is 0 Å². The molecule has 116 valence electrons. The summed E-state index contributed by atoms with van der Waals surface area (Å²) in [5, 5.41) is 0. The molecule has 0 unspecified atom stereocenters. The third-order valence-electron chi connectivity index (χ3n) is 6.81. The minimum Gasteiger partial charge on any atom is -0.0628 e. The Kier molecular flexibility index (Phi) is 3.97. The highest BCUT2D eigenvalue weighted by atomic mass is 14.6. The molecule has 0 atom stereocenters. The third-order valence-corrected chi connectivity index (χ3v) is 6.81. The van der Waals surface area contributed by atoms with Crippen LogP contribution in [0.15, 0.2) is 0 Å². The van der Waals surface area contributed by atoms with Gasteiger partial charge < -0.3 is 0 Å². The van der Waals surface area contributed by atoms with Crippen molar-refractivity contribution in [3.8, 4) is 0 Å². The third kappa shape index (κ3) is 2.95. The van der Waals surface area contributed by atoms with Gasteiger partial charge in [-0.2, -0.15) is 0 Å². The van der Waals surface area contributed by atoms with E-state index >= 15 is 0 Å². The molecule has 4 aliphatic rings. The Morgan fingerprint density at radius 2 is 1.15 bits per heavy atom. The zero-order valence-electron chi connectivity index (χ0n) is 14.4. The SMILES string of the molecule is CC(C)CCC12CC3CC(C1)CC(CCC(C)C)(C3)C2. The summed E-state index contributed by atoms with van der Waals surface area (Å²) in [6.45, 7) is 9.65. The predicted octanol–water partition coefficient (Wildman–Crippen LogP) is 6.45. The van der Waals surface area contributed by atoms with E-state index in [2.05, 4.69) is 27.7 Å². The standard InChI is InChI=1S/C20H36/c1-15(2)5-7-19-10-17-9-18(11-19)13-20(12-17,14-19)8-6-16(3)4/h15-18H,5-14H2,1-4H3. The molecule has 4 rings (SSSR count). The van der Waals surface area contributed by atoms with Gasteiger partial charge in [0.15, 0.2) is 0 Å². The van der Waals surface area contributed by atoms with E-state index in [-0.39, 0.29) is 0 Å². The Hall–Kier alpha value is 0. The molecule has 4 aliphatic carbocycles. The minimum absolute atomic E-state index is 0.783. The average molecular weight is 277 g/mol. The van der Waals surface area contributed by atoms with Gasteiger partial charge in [0.05, 0.1) is 0 Å². The molecular formula is C20H36. The fourth-order valence-corrected chi connectivity index (χ4v) is 6.42. The van der Waals surface area contributed by atoms with Gasteiger partial charge in [-0.25, -0.2) is 0 Å². The predicted molar refractivity (Wildman–Crippen MR) is 87.7 cm³/mol. The lowest BCUT2D eigenvalue weighted by Crippen LogP contribution is -2.52. The molecule has 0 amide bonds. The quantitative estimate of drug-likeness (QED) is 0.523. The van der Waals surface area contributed by atoms with E-state index in [4.69, 9.17) is 0 Å². The Morgan fingerprint density at radius 3 is 1.50 bits per heavy atom. The van der Waals surface area contributed by atoms with Crippen LogP contribution in [0.5, 0.6) is 0 Å². The normalized spacial score (nSPS) is 42.9. The number of rotatable bonds is 6. The molecule has 4 saturated carbocycles. The van der Waals surface area contributed by atoms with Crippen LogP contribution in [0.2, 0.25) is 0 Å². The summed E-state index contributed by atoms with van der Waals surface area (Å²) in [4.78, 5) is 0. The lowest BCUT2D eigenvalue weighted by Gasteiger charge is -2.63. The first kappa shape index (κ1) is 14.9. The van der Waals surface area contributed by atoms with E-state index in [0.717, 1.165) is 34.5 Å². The average Bonchev–Trinajstić information content (AvgIpc) is 2.33. The van der Waals surface area contributed by atoms with Crippen molar-refractivity contribution in [3.05, 3.63) is 0 Å². The smallest absolute Gasteiger partial charge is 0.0287 e. The molecule has 0 N–H and O–H groups in total. The van der Waals surface area contributed by atoms with Crippen LogP contribution in [-0.2, 0) is 0 Å². The molecule has 4 bridgehead atoms. The number of hydrogen-bond donors (Lipinski definition) is 0. The van der Waals surface area contributed by atoms with Gasteiger partial charge in [0.2, 0.25) is 0 Å². The zero-order chi connectivity index (χ0) is 14.4. The van der Waals surface area contributed by atoms with E-state index in [1.54, 1.807) is 51.4 Å². The highest BCUT2D eigenvalue weighted by molar-refractivity contribution is 5.07. The molecule has 0 heterocycles. The van der Waals surface area contributed by atoms with Crippen LogP contribution in [0.4, 0.5) is 0 Å². The number of hydrogen-bond acceptors (Lipinski definition) is 0. The molecule has 0 nitrogen and oxygen atoms in total. The van der Waals surface area contributed by atoms with Crippen molar-refractivity contribution < 1.29 is 0 Å². The van der Waals surface area contributed by atoms with Gasteiger partial charge in [0.1, 0.15) is 0 Å². The maximum Gasteiger partial charge on any atom is -0.0287 e. The van der Waals surface area contributed by atoms with Crippen molar-refractivity contribution in [1.82, 2.24) is 0 Å². The Morgan fingerprint density at radius 1 is 0.750 bits per heavy atom. The highest BCUT2D eigenvalue weighted by Crippen LogP contribution is 2.68. The molecule has 0 aromatic heterocycles. The molecule has 0 aromatic carbocycles. The van der Waals surface area contributed by atoms with Gasteiger partial charge in [-0.05, 0) is 85.9 Å². The summed E-state index contributed by atoms with van der Waals surface area (Å²) in [6.07, 6.45) is 15.6. The van der Waals surface area contributed by atoms with Crippen LogP contribution < -0.4 is 0 Å². The van der Waals surface area contributed by atoms with Crippen molar-refractivity contribution in [1.29, 1.82) is 0 Å². The van der Waals surface area contributed by atoms with E-state index in [0.29, 0.717) is 0 Å². The largest absolute Gasteiger partial charge is 0.0628 e. The molecule has 20 heavy (non-hydrogen) atoms. The molecular weight excluding hydrogens is 240 g/mol. The monoisotopic (exact) mass is 276 g/mol. The molecule has 0 heteroatoms. The van der Waals surface area contributed by atoms with Crippen molar-refractivity contribution in [2.75, 3.05) is 0 Å². The van der Waals surface area contributed by atoms with Gasteiger partial charge in [-0.1, -0.05) is 40.5 Å².